The van der Waals surface area contributed by atoms with E-state index in [-0.39, 0.29) is 26.5 Å². The molecule has 5 rings (SSSR count). The maximum Gasteiger partial charge on any atom is 0.246 e. The second kappa shape index (κ2) is 9.55. The third kappa shape index (κ3) is 4.80. The van der Waals surface area contributed by atoms with Gasteiger partial charge in [0.05, 0.1) is 5.41 Å². The highest BCUT2D eigenvalue weighted by Gasteiger charge is 2.50. The number of hydrogen-bond acceptors (Lipinski definition) is 5. The van der Waals surface area contributed by atoms with Gasteiger partial charge in [0.2, 0.25) is 12.7 Å². The first kappa shape index (κ1) is 23.1. The van der Waals surface area contributed by atoms with Crippen molar-refractivity contribution in [3.05, 3.63) is 82.9 Å². The summed E-state index contributed by atoms with van der Waals surface area (Å²) >= 11 is 0. The van der Waals surface area contributed by atoms with Crippen molar-refractivity contribution in [3.8, 4) is 22.6 Å². The lowest BCUT2D eigenvalue weighted by atomic mass is 9.87. The summed E-state index contributed by atoms with van der Waals surface area (Å²) in [5, 5.41) is 2.83. The first-order valence-electron chi connectivity index (χ1n) is 11.9. The summed E-state index contributed by atoms with van der Waals surface area (Å²) < 4.78 is 15.8. The molecule has 0 bridgehead atoms. The van der Waals surface area contributed by atoms with Crippen molar-refractivity contribution in [2.24, 2.45) is 0 Å². The molecule has 0 aromatic heterocycles. The number of ether oxygens (including phenoxy) is 3. The summed E-state index contributed by atoms with van der Waals surface area (Å²) in [6.07, 6.45) is 2.13. The van der Waals surface area contributed by atoms with Crippen LogP contribution in [0.15, 0.2) is 60.7 Å². The zero-order chi connectivity index (χ0) is 24.4. The Morgan fingerprint density at radius 2 is 1.71 bits per heavy atom. The van der Waals surface area contributed by atoms with Crippen molar-refractivity contribution in [1.82, 2.24) is 5.32 Å². The average molecular weight is 474 g/mol. The van der Waals surface area contributed by atoms with Gasteiger partial charge < -0.3 is 19.5 Å². The van der Waals surface area contributed by atoms with E-state index in [0.717, 1.165) is 57.7 Å². The molecule has 1 amide bonds. The molecule has 0 unspecified atom stereocenters. The second-order valence-corrected chi connectivity index (χ2v) is 9.31. The summed E-state index contributed by atoms with van der Waals surface area (Å²) in [6.45, 7) is 2.82. The molecule has 35 heavy (non-hydrogen) atoms. The number of hydrogen-bond donors (Lipinski definition) is 1. The minimum atomic E-state index is -0.416. The lowest BCUT2D eigenvalue weighted by molar-refractivity contribution is -0.125. The Hall–Kier alpha value is -3.64. The van der Waals surface area contributed by atoms with E-state index < -0.39 is 5.41 Å². The number of ketones is 1. The highest BCUT2D eigenvalue weighted by atomic mass is 16.7. The number of aryl methyl sites for hydroxylation is 1. The van der Waals surface area contributed by atoms with Gasteiger partial charge in [0.15, 0.2) is 11.5 Å². The largest absolute Gasteiger partial charge is 0.454 e. The van der Waals surface area contributed by atoms with Crippen LogP contribution in [-0.4, -0.2) is 32.2 Å². The van der Waals surface area contributed by atoms with Crippen LogP contribution >= 0.6 is 0 Å². The molecule has 1 aliphatic heterocycles. The lowest BCUT2D eigenvalue weighted by Crippen LogP contribution is -2.26. The number of rotatable bonds is 9. The van der Waals surface area contributed by atoms with Gasteiger partial charge in [-0.2, -0.15) is 0 Å². The monoisotopic (exact) mass is 473 g/mol. The normalized spacial score (nSPS) is 15.0. The van der Waals surface area contributed by atoms with Crippen LogP contribution in [0.1, 0.15) is 36.5 Å². The van der Waals surface area contributed by atoms with Gasteiger partial charge in [0, 0.05) is 21.5 Å². The smallest absolute Gasteiger partial charge is 0.246 e. The van der Waals surface area contributed by atoms with Crippen molar-refractivity contribution in [3.63, 3.8) is 0 Å². The Kier molecular flexibility index (Phi) is 6.31. The molecule has 0 saturated heterocycles. The first-order valence-corrected chi connectivity index (χ1v) is 11.9. The van der Waals surface area contributed by atoms with Crippen molar-refractivity contribution >= 4 is 11.7 Å². The predicted octanol–water partition coefficient (Wildman–Crippen LogP) is 4.74. The number of benzene rings is 3. The first-order chi connectivity index (χ1) is 17.0. The Balaban J connectivity index is 0.00000304. The molecule has 0 spiro atoms. The third-order valence-corrected chi connectivity index (χ3v) is 6.91. The van der Waals surface area contributed by atoms with Crippen molar-refractivity contribution < 1.29 is 25.2 Å². The summed E-state index contributed by atoms with van der Waals surface area (Å²) in [5.74, 6) is 1.57. The quantitative estimate of drug-likeness (QED) is 0.486. The Bertz CT molecular complexity index is 1270. The minimum absolute atomic E-state index is 0. The molecule has 2 aliphatic rings. The summed E-state index contributed by atoms with van der Waals surface area (Å²) in [5.41, 5.74) is 5.98. The summed E-state index contributed by atoms with van der Waals surface area (Å²) in [6, 6.07) is 20.3. The molecule has 3 aromatic rings. The molecule has 1 aliphatic carbocycles. The van der Waals surface area contributed by atoms with E-state index in [1.807, 2.05) is 36.4 Å². The molecule has 1 heterocycles. The van der Waals surface area contributed by atoms with Crippen LogP contribution in [0.25, 0.3) is 11.1 Å². The molecule has 6 nitrogen and oxygen atoms in total. The molecular weight excluding hydrogens is 442 g/mol. The maximum absolute atomic E-state index is 13.4. The maximum atomic E-state index is 13.4. The molecule has 0 atom stereocenters. The summed E-state index contributed by atoms with van der Waals surface area (Å²) in [7, 11) is 1.50. The van der Waals surface area contributed by atoms with Crippen molar-refractivity contribution in [2.45, 2.75) is 38.1 Å². The molecular formula is C29H31NO5. The van der Waals surface area contributed by atoms with Crippen LogP contribution in [0.3, 0.4) is 0 Å². The van der Waals surface area contributed by atoms with Gasteiger partial charge in [-0.1, -0.05) is 48.5 Å². The Morgan fingerprint density at radius 3 is 2.46 bits per heavy atom. The second-order valence-electron chi connectivity index (χ2n) is 9.31. The van der Waals surface area contributed by atoms with Crippen LogP contribution in [0.5, 0.6) is 11.5 Å². The van der Waals surface area contributed by atoms with Gasteiger partial charge in [-0.25, -0.2) is 0 Å². The van der Waals surface area contributed by atoms with Crippen LogP contribution < -0.4 is 14.8 Å². The molecule has 6 heteroatoms. The number of amides is 1. The van der Waals surface area contributed by atoms with E-state index in [1.54, 1.807) is 0 Å². The SMILES string of the molecule is COCC(=O)NCc1ccc(-c2cc(CC(=O)C3(c4ccc5c(c4)OCO5)CC3)ccc2C)cc1.[HH]. The minimum Gasteiger partial charge on any atom is -0.454 e. The Morgan fingerprint density at radius 1 is 0.971 bits per heavy atom. The van der Waals surface area contributed by atoms with Crippen LogP contribution in [0, 0.1) is 6.92 Å². The number of methoxy groups -OCH3 is 1. The van der Waals surface area contributed by atoms with E-state index in [1.165, 1.54) is 7.11 Å². The van der Waals surface area contributed by atoms with Crippen LogP contribution in [0.4, 0.5) is 0 Å². The fraction of sp³-hybridized carbons (Fsp3) is 0.310. The third-order valence-electron chi connectivity index (χ3n) is 6.91. The highest BCUT2D eigenvalue weighted by Crippen LogP contribution is 2.51. The Labute approximate surface area is 206 Å². The van der Waals surface area contributed by atoms with E-state index >= 15 is 0 Å². The van der Waals surface area contributed by atoms with Crippen molar-refractivity contribution in [2.75, 3.05) is 20.5 Å². The molecule has 1 saturated carbocycles. The molecule has 0 radical (unpaired) electrons. The summed E-state index contributed by atoms with van der Waals surface area (Å²) in [4.78, 5) is 25.0. The molecule has 3 aromatic carbocycles. The lowest BCUT2D eigenvalue weighted by Gasteiger charge is -2.16. The zero-order valence-corrected chi connectivity index (χ0v) is 20.1. The van der Waals surface area contributed by atoms with Gasteiger partial charge in [0.25, 0.3) is 0 Å². The van der Waals surface area contributed by atoms with E-state index in [2.05, 4.69) is 36.5 Å². The van der Waals surface area contributed by atoms with Crippen molar-refractivity contribution in [1.29, 1.82) is 0 Å². The number of Topliss-reactive ketones (excluding diaryl/α,β-unsaturated/α-hetero) is 1. The van der Waals surface area contributed by atoms with Gasteiger partial charge in [-0.05, 0) is 65.3 Å². The topological polar surface area (TPSA) is 73.9 Å². The van der Waals surface area contributed by atoms with Gasteiger partial charge in [-0.15, -0.1) is 0 Å². The molecule has 1 fully saturated rings. The van der Waals surface area contributed by atoms with Crippen LogP contribution in [0.2, 0.25) is 0 Å². The average Bonchev–Trinajstić information content (AvgIpc) is 3.55. The van der Waals surface area contributed by atoms with Gasteiger partial charge >= 0.3 is 0 Å². The number of carbonyl (C=O) groups excluding carboxylic acids is 2. The molecule has 1 N–H and O–H groups in total. The zero-order valence-electron chi connectivity index (χ0n) is 20.1. The molecule has 182 valence electrons. The van der Waals surface area contributed by atoms with Crippen LogP contribution in [-0.2, 0) is 32.7 Å². The fourth-order valence-corrected chi connectivity index (χ4v) is 4.68. The number of fused-ring (bicyclic) bond motifs is 1. The van der Waals surface area contributed by atoms with E-state index in [4.69, 9.17) is 14.2 Å². The fourth-order valence-electron chi connectivity index (χ4n) is 4.68. The number of carbonyl (C=O) groups is 2. The highest BCUT2D eigenvalue weighted by molar-refractivity contribution is 5.95. The number of nitrogens with one attached hydrogen (secondary N) is 1. The standard InChI is InChI=1S/C29H29NO5.H2/c1-19-3-4-21(13-24(19)22-7-5-20(6-8-22)16-30-28(32)17-33-2)14-27(31)29(11-12-29)23-9-10-25-26(15-23)35-18-34-25;/h3-10,13,15H,11-12,14,16-18H2,1-2H3,(H,30,32);1H. The van der Waals surface area contributed by atoms with Gasteiger partial charge in [-0.3, -0.25) is 9.59 Å². The van der Waals surface area contributed by atoms with E-state index in [9.17, 15) is 9.59 Å². The predicted molar refractivity (Wildman–Crippen MR) is 135 cm³/mol. The van der Waals surface area contributed by atoms with E-state index in [0.29, 0.717) is 13.0 Å². The van der Waals surface area contributed by atoms with Gasteiger partial charge in [0.1, 0.15) is 12.4 Å².